The van der Waals surface area contributed by atoms with Gasteiger partial charge in [0.15, 0.2) is 0 Å². The Morgan fingerprint density at radius 3 is 2.90 bits per heavy atom. The third-order valence-electron chi connectivity index (χ3n) is 3.99. The molecule has 2 unspecified atom stereocenters. The van der Waals surface area contributed by atoms with Crippen molar-refractivity contribution in [3.05, 3.63) is 33.9 Å². The van der Waals surface area contributed by atoms with E-state index in [0.717, 1.165) is 30.8 Å². The molecule has 0 bridgehead atoms. The van der Waals surface area contributed by atoms with E-state index in [0.29, 0.717) is 12.6 Å². The van der Waals surface area contributed by atoms with E-state index in [9.17, 15) is 10.1 Å². The molecule has 1 fully saturated rings. The van der Waals surface area contributed by atoms with Crippen LogP contribution in [0.5, 0.6) is 0 Å². The smallest absolute Gasteiger partial charge is 0.269 e. The molecule has 6 heteroatoms. The topological polar surface area (TPSA) is 67.6 Å². The van der Waals surface area contributed by atoms with E-state index in [1.807, 2.05) is 7.05 Å². The highest BCUT2D eigenvalue weighted by Crippen LogP contribution is 2.25. The molecule has 0 aliphatic carbocycles. The summed E-state index contributed by atoms with van der Waals surface area (Å²) >= 11 is 0. The maximum atomic E-state index is 11.0. The second-order valence-corrected chi connectivity index (χ2v) is 5.48. The average molecular weight is 293 g/mol. The molecule has 21 heavy (non-hydrogen) atoms. The minimum atomic E-state index is -0.345. The number of ether oxygens (including phenoxy) is 1. The number of nitrogens with one attached hydrogen (secondary N) is 1. The number of nitrogens with zero attached hydrogens (tertiary/aromatic N) is 2. The van der Waals surface area contributed by atoms with E-state index in [1.165, 1.54) is 6.07 Å². The minimum absolute atomic E-state index is 0.137. The van der Waals surface area contributed by atoms with E-state index in [1.54, 1.807) is 12.1 Å². The molecule has 6 nitrogen and oxygen atoms in total. The molecule has 1 aliphatic rings. The lowest BCUT2D eigenvalue weighted by molar-refractivity contribution is -0.384. The van der Waals surface area contributed by atoms with Gasteiger partial charge in [-0.3, -0.25) is 15.0 Å². The largest absolute Gasteiger partial charge is 0.388 e. The summed E-state index contributed by atoms with van der Waals surface area (Å²) in [5.41, 5.74) is 2.03. The van der Waals surface area contributed by atoms with Crippen molar-refractivity contribution in [2.75, 3.05) is 25.5 Å². The molecule has 1 aliphatic heterocycles. The number of hydrogen-bond donors (Lipinski definition) is 1. The van der Waals surface area contributed by atoms with Crippen LogP contribution in [0.25, 0.3) is 0 Å². The minimum Gasteiger partial charge on any atom is -0.388 e. The molecule has 0 amide bonds. The van der Waals surface area contributed by atoms with Gasteiger partial charge in [0.1, 0.15) is 0 Å². The van der Waals surface area contributed by atoms with Crippen LogP contribution in [0.4, 0.5) is 11.4 Å². The lowest BCUT2D eigenvalue weighted by atomic mass is 10.1. The van der Waals surface area contributed by atoms with Crippen LogP contribution in [0.2, 0.25) is 0 Å². The summed E-state index contributed by atoms with van der Waals surface area (Å²) in [5.74, 6) is 0. The number of morpholine rings is 1. The fourth-order valence-electron chi connectivity index (χ4n) is 2.77. The van der Waals surface area contributed by atoms with Crippen LogP contribution in [0.15, 0.2) is 18.2 Å². The van der Waals surface area contributed by atoms with E-state index in [2.05, 4.69) is 24.1 Å². The third kappa shape index (κ3) is 3.71. The summed E-state index contributed by atoms with van der Waals surface area (Å²) in [6.45, 7) is 6.48. The summed E-state index contributed by atoms with van der Waals surface area (Å²) in [6, 6.07) is 5.34. The number of anilines is 1. The van der Waals surface area contributed by atoms with Gasteiger partial charge in [-0.1, -0.05) is 6.92 Å². The molecule has 1 saturated heterocycles. The Morgan fingerprint density at radius 1 is 1.52 bits per heavy atom. The Bertz CT molecular complexity index is 507. The Kier molecular flexibility index (Phi) is 5.14. The maximum absolute atomic E-state index is 11.0. The summed E-state index contributed by atoms with van der Waals surface area (Å²) in [4.78, 5) is 13.0. The Morgan fingerprint density at radius 2 is 2.29 bits per heavy atom. The number of rotatable bonds is 5. The summed E-state index contributed by atoms with van der Waals surface area (Å²) in [6.07, 6.45) is 1.21. The standard InChI is InChI=1S/C15H23N3O3/c1-4-13-10-21-11(2)8-17(13)9-12-7-14(18(19)20)5-6-15(12)16-3/h5-7,11,13,16H,4,8-10H2,1-3H3. The molecule has 0 spiro atoms. The Hall–Kier alpha value is -1.66. The maximum Gasteiger partial charge on any atom is 0.269 e. The molecule has 0 radical (unpaired) electrons. The van der Waals surface area contributed by atoms with Crippen LogP contribution in [-0.2, 0) is 11.3 Å². The van der Waals surface area contributed by atoms with E-state index in [-0.39, 0.29) is 16.7 Å². The average Bonchev–Trinajstić information content (AvgIpc) is 2.47. The second kappa shape index (κ2) is 6.87. The van der Waals surface area contributed by atoms with Crippen LogP contribution >= 0.6 is 0 Å². The van der Waals surface area contributed by atoms with Crippen molar-refractivity contribution in [1.29, 1.82) is 0 Å². The number of hydrogen-bond acceptors (Lipinski definition) is 5. The zero-order chi connectivity index (χ0) is 15.4. The zero-order valence-electron chi connectivity index (χ0n) is 12.8. The molecule has 116 valence electrons. The van der Waals surface area contributed by atoms with Crippen molar-refractivity contribution >= 4 is 11.4 Å². The van der Waals surface area contributed by atoms with Crippen LogP contribution in [-0.4, -0.2) is 42.2 Å². The predicted molar refractivity (Wildman–Crippen MR) is 82.5 cm³/mol. The molecule has 1 heterocycles. The van der Waals surface area contributed by atoms with Gasteiger partial charge in [-0.15, -0.1) is 0 Å². The van der Waals surface area contributed by atoms with Gasteiger partial charge >= 0.3 is 0 Å². The Labute approximate surface area is 125 Å². The zero-order valence-corrected chi connectivity index (χ0v) is 12.8. The fourth-order valence-corrected chi connectivity index (χ4v) is 2.77. The molecule has 1 N–H and O–H groups in total. The van der Waals surface area contributed by atoms with Crippen molar-refractivity contribution < 1.29 is 9.66 Å². The van der Waals surface area contributed by atoms with Crippen molar-refractivity contribution in [3.8, 4) is 0 Å². The van der Waals surface area contributed by atoms with Gasteiger partial charge < -0.3 is 10.1 Å². The van der Waals surface area contributed by atoms with Gasteiger partial charge in [-0.2, -0.15) is 0 Å². The first kappa shape index (κ1) is 15.7. The monoisotopic (exact) mass is 293 g/mol. The first-order valence-corrected chi connectivity index (χ1v) is 7.35. The van der Waals surface area contributed by atoms with Crippen molar-refractivity contribution in [2.45, 2.75) is 39.0 Å². The highest BCUT2D eigenvalue weighted by Gasteiger charge is 2.26. The lowest BCUT2D eigenvalue weighted by Gasteiger charge is -2.38. The lowest BCUT2D eigenvalue weighted by Crippen LogP contribution is -2.47. The first-order valence-electron chi connectivity index (χ1n) is 7.35. The summed E-state index contributed by atoms with van der Waals surface area (Å²) < 4.78 is 5.70. The number of benzene rings is 1. The Balaban J connectivity index is 2.23. The van der Waals surface area contributed by atoms with Crippen LogP contribution in [0.1, 0.15) is 25.8 Å². The van der Waals surface area contributed by atoms with Crippen LogP contribution < -0.4 is 5.32 Å². The van der Waals surface area contributed by atoms with Crippen molar-refractivity contribution in [3.63, 3.8) is 0 Å². The van der Waals surface area contributed by atoms with Gasteiger partial charge in [-0.25, -0.2) is 0 Å². The number of nitro groups is 1. The number of nitro benzene ring substituents is 1. The van der Waals surface area contributed by atoms with E-state index >= 15 is 0 Å². The molecule has 1 aromatic rings. The first-order chi connectivity index (χ1) is 10.0. The molecule has 2 atom stereocenters. The molecule has 0 saturated carbocycles. The highest BCUT2D eigenvalue weighted by molar-refractivity contribution is 5.55. The number of non-ortho nitro benzene ring substituents is 1. The van der Waals surface area contributed by atoms with Crippen LogP contribution in [0, 0.1) is 10.1 Å². The quantitative estimate of drug-likeness (QED) is 0.667. The summed E-state index contributed by atoms with van der Waals surface area (Å²) in [7, 11) is 1.84. The van der Waals surface area contributed by atoms with Gasteiger partial charge in [0, 0.05) is 44.0 Å². The van der Waals surface area contributed by atoms with Gasteiger partial charge in [0.05, 0.1) is 17.6 Å². The molecular formula is C15H23N3O3. The molecule has 1 aromatic carbocycles. The third-order valence-corrected chi connectivity index (χ3v) is 3.99. The molecular weight excluding hydrogens is 270 g/mol. The highest BCUT2D eigenvalue weighted by atomic mass is 16.6. The van der Waals surface area contributed by atoms with Gasteiger partial charge in [0.25, 0.3) is 5.69 Å². The second-order valence-electron chi connectivity index (χ2n) is 5.48. The van der Waals surface area contributed by atoms with Gasteiger partial charge in [-0.05, 0) is 25.0 Å². The normalized spacial score (nSPS) is 23.0. The van der Waals surface area contributed by atoms with E-state index < -0.39 is 0 Å². The van der Waals surface area contributed by atoms with Crippen LogP contribution in [0.3, 0.4) is 0 Å². The molecule has 2 rings (SSSR count). The SMILES string of the molecule is CCC1COC(C)CN1Cc1cc([N+](=O)[O-])ccc1NC. The summed E-state index contributed by atoms with van der Waals surface area (Å²) in [5, 5.41) is 14.1. The van der Waals surface area contributed by atoms with Crippen molar-refractivity contribution in [2.24, 2.45) is 0 Å². The fraction of sp³-hybridized carbons (Fsp3) is 0.600. The van der Waals surface area contributed by atoms with Crippen molar-refractivity contribution in [1.82, 2.24) is 4.90 Å². The van der Waals surface area contributed by atoms with Gasteiger partial charge in [0.2, 0.25) is 0 Å². The van der Waals surface area contributed by atoms with E-state index in [4.69, 9.17) is 4.74 Å². The molecule has 0 aromatic heterocycles. The predicted octanol–water partition coefficient (Wildman–Crippen LogP) is 2.64.